The van der Waals surface area contributed by atoms with Crippen LogP contribution in [0.25, 0.3) is 0 Å². The maximum atomic E-state index is 13.4. The zero-order valence-corrected chi connectivity index (χ0v) is 10.3. The van der Waals surface area contributed by atoms with Crippen molar-refractivity contribution in [2.24, 2.45) is 0 Å². The summed E-state index contributed by atoms with van der Waals surface area (Å²) in [5.74, 6) is -1.39. The molecule has 0 aliphatic rings. The number of hydrogen-bond acceptors (Lipinski definition) is 3. The molecule has 2 rings (SSSR count). The zero-order chi connectivity index (χ0) is 13.7. The molecule has 0 aliphatic carbocycles. The number of aliphatic hydroxyl groups excluding tert-OH is 1. The first-order chi connectivity index (χ1) is 9.16. The molecule has 0 saturated heterocycles. The van der Waals surface area contributed by atoms with Crippen LogP contribution in [0.1, 0.15) is 11.7 Å². The van der Waals surface area contributed by atoms with Crippen molar-refractivity contribution in [2.75, 3.05) is 13.1 Å². The second kappa shape index (κ2) is 6.40. The summed E-state index contributed by atoms with van der Waals surface area (Å²) in [6, 6.07) is 4.97. The summed E-state index contributed by atoms with van der Waals surface area (Å²) in [6.45, 7) is 1.46. The highest BCUT2D eigenvalue weighted by Gasteiger charge is 2.12. The first-order valence-corrected chi connectivity index (χ1v) is 5.98. The van der Waals surface area contributed by atoms with Crippen molar-refractivity contribution < 1.29 is 13.9 Å². The van der Waals surface area contributed by atoms with Crippen LogP contribution in [0, 0.1) is 11.6 Å². The Morgan fingerprint density at radius 3 is 2.89 bits per heavy atom. The molecule has 0 bridgehead atoms. The minimum absolute atomic E-state index is 0.0907. The molecule has 0 fully saturated rings. The number of nitrogens with zero attached hydrogens (tertiary/aromatic N) is 2. The van der Waals surface area contributed by atoms with Gasteiger partial charge in [0.2, 0.25) is 0 Å². The monoisotopic (exact) mass is 267 g/mol. The van der Waals surface area contributed by atoms with Crippen LogP contribution >= 0.6 is 0 Å². The van der Waals surface area contributed by atoms with Gasteiger partial charge in [0, 0.05) is 37.1 Å². The molecule has 1 aromatic carbocycles. The van der Waals surface area contributed by atoms with Gasteiger partial charge in [0.25, 0.3) is 0 Å². The Labute approximate surface area is 109 Å². The molecule has 0 aliphatic heterocycles. The van der Waals surface area contributed by atoms with Crippen LogP contribution in [-0.4, -0.2) is 28.0 Å². The number of aromatic nitrogens is 2. The predicted molar refractivity (Wildman–Crippen MR) is 66.4 cm³/mol. The molecule has 4 nitrogen and oxygen atoms in total. The molecule has 1 unspecified atom stereocenters. The molecule has 6 heteroatoms. The van der Waals surface area contributed by atoms with Crippen LogP contribution < -0.4 is 5.32 Å². The largest absolute Gasteiger partial charge is 0.387 e. The average Bonchev–Trinajstić information content (AvgIpc) is 2.87. The van der Waals surface area contributed by atoms with Crippen LogP contribution in [0.4, 0.5) is 8.78 Å². The lowest BCUT2D eigenvalue weighted by Crippen LogP contribution is -2.26. The number of benzene rings is 1. The van der Waals surface area contributed by atoms with E-state index in [0.29, 0.717) is 13.1 Å². The van der Waals surface area contributed by atoms with Crippen LogP contribution in [0.5, 0.6) is 0 Å². The maximum Gasteiger partial charge on any atom is 0.131 e. The summed E-state index contributed by atoms with van der Waals surface area (Å²) in [6.07, 6.45) is 2.51. The molecule has 19 heavy (non-hydrogen) atoms. The van der Waals surface area contributed by atoms with Crippen LogP contribution in [0.3, 0.4) is 0 Å². The third kappa shape index (κ3) is 3.84. The van der Waals surface area contributed by atoms with E-state index in [1.54, 1.807) is 10.9 Å². The molecule has 102 valence electrons. The summed E-state index contributed by atoms with van der Waals surface area (Å²) in [5, 5.41) is 16.8. The quantitative estimate of drug-likeness (QED) is 0.780. The molecule has 0 amide bonds. The van der Waals surface area contributed by atoms with Crippen molar-refractivity contribution in [1.82, 2.24) is 15.1 Å². The van der Waals surface area contributed by atoms with E-state index >= 15 is 0 Å². The summed E-state index contributed by atoms with van der Waals surface area (Å²) < 4.78 is 27.9. The molecule has 2 N–H and O–H groups in total. The van der Waals surface area contributed by atoms with E-state index in [4.69, 9.17) is 0 Å². The zero-order valence-electron chi connectivity index (χ0n) is 10.3. The highest BCUT2D eigenvalue weighted by molar-refractivity contribution is 5.21. The molecule has 1 heterocycles. The fourth-order valence-corrected chi connectivity index (χ4v) is 1.75. The number of halogens is 2. The maximum absolute atomic E-state index is 13.4. The average molecular weight is 267 g/mol. The molecular formula is C13H15F2N3O. The lowest BCUT2D eigenvalue weighted by Gasteiger charge is -2.13. The smallest absolute Gasteiger partial charge is 0.131 e. The van der Waals surface area contributed by atoms with Crippen molar-refractivity contribution >= 4 is 0 Å². The standard InChI is InChI=1S/C13H15F2N3O/c14-10-2-3-11(12(15)8-10)13(19)9-16-5-7-18-6-1-4-17-18/h1-4,6,8,13,16,19H,5,7,9H2. The Morgan fingerprint density at radius 1 is 1.37 bits per heavy atom. The van der Waals surface area contributed by atoms with Crippen LogP contribution in [0.15, 0.2) is 36.7 Å². The third-order valence-corrected chi connectivity index (χ3v) is 2.74. The number of rotatable bonds is 6. The van der Waals surface area contributed by atoms with E-state index < -0.39 is 17.7 Å². The predicted octanol–water partition coefficient (Wildman–Crippen LogP) is 1.48. The normalized spacial score (nSPS) is 12.6. The van der Waals surface area contributed by atoms with E-state index in [0.717, 1.165) is 12.1 Å². The fraction of sp³-hybridized carbons (Fsp3) is 0.308. The summed E-state index contributed by atoms with van der Waals surface area (Å²) in [7, 11) is 0. The van der Waals surface area contributed by atoms with Gasteiger partial charge in [-0.05, 0) is 12.1 Å². The summed E-state index contributed by atoms with van der Waals surface area (Å²) >= 11 is 0. The summed E-state index contributed by atoms with van der Waals surface area (Å²) in [4.78, 5) is 0. The van der Waals surface area contributed by atoms with Gasteiger partial charge in [0.1, 0.15) is 11.6 Å². The minimum Gasteiger partial charge on any atom is -0.387 e. The van der Waals surface area contributed by atoms with E-state index in [-0.39, 0.29) is 12.1 Å². The second-order valence-corrected chi connectivity index (χ2v) is 4.15. The molecule has 2 aromatic rings. The molecule has 0 saturated carbocycles. The van der Waals surface area contributed by atoms with Gasteiger partial charge in [-0.25, -0.2) is 8.78 Å². The number of hydrogen-bond donors (Lipinski definition) is 2. The second-order valence-electron chi connectivity index (χ2n) is 4.15. The van der Waals surface area contributed by atoms with Gasteiger partial charge in [-0.2, -0.15) is 5.10 Å². The van der Waals surface area contributed by atoms with Gasteiger partial charge < -0.3 is 10.4 Å². The van der Waals surface area contributed by atoms with E-state index in [9.17, 15) is 13.9 Å². The lowest BCUT2D eigenvalue weighted by molar-refractivity contribution is 0.169. The van der Waals surface area contributed by atoms with Crippen molar-refractivity contribution in [2.45, 2.75) is 12.6 Å². The van der Waals surface area contributed by atoms with Gasteiger partial charge in [0.05, 0.1) is 12.6 Å². The highest BCUT2D eigenvalue weighted by Crippen LogP contribution is 2.17. The molecule has 0 spiro atoms. The van der Waals surface area contributed by atoms with Crippen molar-refractivity contribution in [3.63, 3.8) is 0 Å². The van der Waals surface area contributed by atoms with E-state index in [2.05, 4.69) is 10.4 Å². The Balaban J connectivity index is 1.79. The van der Waals surface area contributed by atoms with E-state index in [1.807, 2.05) is 12.3 Å². The van der Waals surface area contributed by atoms with Gasteiger partial charge in [-0.1, -0.05) is 6.07 Å². The van der Waals surface area contributed by atoms with Gasteiger partial charge >= 0.3 is 0 Å². The highest BCUT2D eigenvalue weighted by atomic mass is 19.1. The van der Waals surface area contributed by atoms with Crippen molar-refractivity contribution in [1.29, 1.82) is 0 Å². The first-order valence-electron chi connectivity index (χ1n) is 5.98. The number of nitrogens with one attached hydrogen (secondary N) is 1. The van der Waals surface area contributed by atoms with E-state index in [1.165, 1.54) is 6.07 Å². The molecule has 1 aromatic heterocycles. The SMILES string of the molecule is OC(CNCCn1cccn1)c1ccc(F)cc1F. The van der Waals surface area contributed by atoms with Gasteiger partial charge in [-0.15, -0.1) is 0 Å². The topological polar surface area (TPSA) is 50.1 Å². The minimum atomic E-state index is -1.00. The van der Waals surface area contributed by atoms with Crippen LogP contribution in [0.2, 0.25) is 0 Å². The molecular weight excluding hydrogens is 252 g/mol. The lowest BCUT2D eigenvalue weighted by atomic mass is 10.1. The molecule has 1 atom stereocenters. The summed E-state index contributed by atoms with van der Waals surface area (Å²) in [5.41, 5.74) is 0.0907. The Hall–Kier alpha value is -1.79. The Bertz CT molecular complexity index is 517. The first kappa shape index (κ1) is 13.6. The Morgan fingerprint density at radius 2 is 2.21 bits per heavy atom. The number of aliphatic hydroxyl groups is 1. The van der Waals surface area contributed by atoms with Gasteiger partial charge in [-0.3, -0.25) is 4.68 Å². The Kier molecular flexibility index (Phi) is 4.59. The third-order valence-electron chi connectivity index (χ3n) is 2.74. The molecule has 0 radical (unpaired) electrons. The van der Waals surface area contributed by atoms with Crippen molar-refractivity contribution in [3.05, 3.63) is 53.9 Å². The van der Waals surface area contributed by atoms with Crippen LogP contribution in [-0.2, 0) is 6.54 Å². The van der Waals surface area contributed by atoms with Gasteiger partial charge in [0.15, 0.2) is 0 Å². The van der Waals surface area contributed by atoms with Crippen molar-refractivity contribution in [3.8, 4) is 0 Å². The fourth-order valence-electron chi connectivity index (χ4n) is 1.75.